The van der Waals surface area contributed by atoms with Gasteiger partial charge in [0.05, 0.1) is 0 Å². The molecule has 1 N–H and O–H groups in total. The van der Waals surface area contributed by atoms with E-state index in [1.54, 1.807) is 28.4 Å². The van der Waals surface area contributed by atoms with Gasteiger partial charge >= 0.3 is 6.03 Å². The van der Waals surface area contributed by atoms with Crippen LogP contribution in [-0.2, 0) is 24.3 Å². The third-order valence-corrected chi connectivity index (χ3v) is 5.73. The number of halogens is 1. The molecule has 0 fully saturated rings. The first kappa shape index (κ1) is 19.4. The topological polar surface area (TPSA) is 52.7 Å². The Morgan fingerprint density at radius 1 is 1.33 bits per heavy atom. The maximum atomic E-state index is 13.3. The van der Waals surface area contributed by atoms with E-state index in [9.17, 15) is 14.0 Å². The van der Waals surface area contributed by atoms with Crippen molar-refractivity contribution in [2.24, 2.45) is 0 Å². The van der Waals surface area contributed by atoms with Crippen molar-refractivity contribution in [1.82, 2.24) is 15.1 Å². The van der Waals surface area contributed by atoms with Crippen LogP contribution in [-0.4, -0.2) is 41.4 Å². The van der Waals surface area contributed by atoms with Crippen LogP contribution in [0.5, 0.6) is 0 Å². The summed E-state index contributed by atoms with van der Waals surface area (Å²) in [4.78, 5) is 29.6. The number of amides is 3. The molecule has 144 valence electrons. The van der Waals surface area contributed by atoms with Crippen molar-refractivity contribution < 1.29 is 14.0 Å². The number of hydrogen-bond acceptors (Lipinski definition) is 3. The Morgan fingerprint density at radius 3 is 2.96 bits per heavy atom. The number of hydrogen-bond donors (Lipinski definition) is 1. The summed E-state index contributed by atoms with van der Waals surface area (Å²) in [5.41, 5.74) is 1.97. The van der Waals surface area contributed by atoms with Crippen molar-refractivity contribution in [3.8, 4) is 0 Å². The van der Waals surface area contributed by atoms with Crippen molar-refractivity contribution in [2.75, 3.05) is 19.6 Å². The Labute approximate surface area is 162 Å². The van der Waals surface area contributed by atoms with Crippen LogP contribution in [0.4, 0.5) is 9.18 Å². The van der Waals surface area contributed by atoms with Crippen LogP contribution in [0.3, 0.4) is 0 Å². The minimum atomic E-state index is -0.315. The fraction of sp³-hybridized carbons (Fsp3) is 0.400. The third kappa shape index (κ3) is 5.07. The van der Waals surface area contributed by atoms with Crippen LogP contribution in [0.15, 0.2) is 35.7 Å². The number of urea groups is 1. The van der Waals surface area contributed by atoms with Gasteiger partial charge in [0.25, 0.3) is 0 Å². The van der Waals surface area contributed by atoms with Gasteiger partial charge in [0, 0.05) is 44.0 Å². The number of thiophene rings is 1. The second kappa shape index (κ2) is 8.99. The number of nitrogens with zero attached hydrogens (tertiary/aromatic N) is 2. The number of nitrogens with one attached hydrogen (secondary N) is 1. The van der Waals surface area contributed by atoms with Gasteiger partial charge in [-0.3, -0.25) is 4.79 Å². The SMILES string of the molecule is CCN(Cc1cccc(F)c1)C(=O)NCCC(=O)N1CCc2sccc2C1. The largest absolute Gasteiger partial charge is 0.338 e. The molecule has 0 bridgehead atoms. The molecular weight excluding hydrogens is 365 g/mol. The van der Waals surface area contributed by atoms with Crippen LogP contribution in [0, 0.1) is 5.82 Å². The van der Waals surface area contributed by atoms with Gasteiger partial charge < -0.3 is 15.1 Å². The Morgan fingerprint density at radius 2 is 2.19 bits per heavy atom. The quantitative estimate of drug-likeness (QED) is 0.823. The first-order valence-corrected chi connectivity index (χ1v) is 10.0. The summed E-state index contributed by atoms with van der Waals surface area (Å²) in [7, 11) is 0. The van der Waals surface area contributed by atoms with Crippen LogP contribution in [0.2, 0.25) is 0 Å². The highest BCUT2D eigenvalue weighted by Gasteiger charge is 2.21. The van der Waals surface area contributed by atoms with Gasteiger partial charge in [0.15, 0.2) is 0 Å². The summed E-state index contributed by atoms with van der Waals surface area (Å²) in [6, 6.07) is 8.06. The molecule has 5 nitrogen and oxygen atoms in total. The predicted molar refractivity (Wildman–Crippen MR) is 104 cm³/mol. The third-order valence-electron chi connectivity index (χ3n) is 4.71. The van der Waals surface area contributed by atoms with Gasteiger partial charge in [-0.05, 0) is 48.1 Å². The molecular formula is C20H24FN3O2S. The van der Waals surface area contributed by atoms with E-state index in [2.05, 4.69) is 16.8 Å². The second-order valence-electron chi connectivity index (χ2n) is 6.56. The number of rotatable bonds is 6. The molecule has 2 aromatic rings. The molecule has 3 rings (SSSR count). The van der Waals surface area contributed by atoms with E-state index in [0.29, 0.717) is 26.2 Å². The summed E-state index contributed by atoms with van der Waals surface area (Å²) in [6.45, 7) is 4.40. The first-order valence-electron chi connectivity index (χ1n) is 9.17. The number of benzene rings is 1. The van der Waals surface area contributed by atoms with Crippen molar-refractivity contribution >= 4 is 23.3 Å². The summed E-state index contributed by atoms with van der Waals surface area (Å²) in [5.74, 6) is -0.259. The summed E-state index contributed by atoms with van der Waals surface area (Å²) in [6.07, 6.45) is 1.19. The molecule has 0 aliphatic carbocycles. The van der Waals surface area contributed by atoms with Gasteiger partial charge in [-0.15, -0.1) is 11.3 Å². The van der Waals surface area contributed by atoms with Gasteiger partial charge in [0.1, 0.15) is 5.82 Å². The minimum absolute atomic E-state index is 0.0559. The van der Waals surface area contributed by atoms with Crippen LogP contribution in [0.1, 0.15) is 29.3 Å². The zero-order valence-corrected chi connectivity index (χ0v) is 16.2. The smallest absolute Gasteiger partial charge is 0.317 e. The van der Waals surface area contributed by atoms with Gasteiger partial charge in [-0.2, -0.15) is 0 Å². The molecule has 1 aromatic heterocycles. The Bertz CT molecular complexity index is 808. The van der Waals surface area contributed by atoms with E-state index in [4.69, 9.17) is 0 Å². The lowest BCUT2D eigenvalue weighted by Crippen LogP contribution is -2.42. The number of carbonyl (C=O) groups excluding carboxylic acids is 2. The molecule has 0 saturated carbocycles. The maximum Gasteiger partial charge on any atom is 0.317 e. The zero-order valence-electron chi connectivity index (χ0n) is 15.4. The van der Waals surface area contributed by atoms with E-state index in [1.807, 2.05) is 11.8 Å². The Balaban J connectivity index is 1.44. The molecule has 1 aliphatic heterocycles. The molecule has 7 heteroatoms. The van der Waals surface area contributed by atoms with Crippen LogP contribution >= 0.6 is 11.3 Å². The van der Waals surface area contributed by atoms with Crippen molar-refractivity contribution in [3.63, 3.8) is 0 Å². The maximum absolute atomic E-state index is 13.3. The normalized spacial score (nSPS) is 13.2. The summed E-state index contributed by atoms with van der Waals surface area (Å²) in [5, 5.41) is 4.87. The molecule has 3 amide bonds. The second-order valence-corrected chi connectivity index (χ2v) is 7.56. The molecule has 0 saturated heterocycles. The lowest BCUT2D eigenvalue weighted by Gasteiger charge is -2.27. The van der Waals surface area contributed by atoms with Crippen molar-refractivity contribution in [2.45, 2.75) is 32.9 Å². The molecule has 1 aliphatic rings. The molecule has 27 heavy (non-hydrogen) atoms. The molecule has 0 unspecified atom stereocenters. The van der Waals surface area contributed by atoms with E-state index >= 15 is 0 Å². The average molecular weight is 389 g/mol. The standard InChI is InChI=1S/C20H24FN3O2S/c1-2-23(13-15-4-3-5-17(21)12-15)20(26)22-9-6-19(25)24-10-7-18-16(14-24)8-11-27-18/h3-5,8,11-12H,2,6-7,9-10,13-14H2,1H3,(H,22,26). The highest BCUT2D eigenvalue weighted by atomic mass is 32.1. The van der Waals surface area contributed by atoms with Crippen LogP contribution in [0.25, 0.3) is 0 Å². The summed E-state index contributed by atoms with van der Waals surface area (Å²) >= 11 is 1.74. The molecule has 0 spiro atoms. The van der Waals surface area contributed by atoms with Crippen molar-refractivity contribution in [3.05, 3.63) is 57.5 Å². The number of carbonyl (C=O) groups is 2. The zero-order chi connectivity index (χ0) is 19.2. The molecule has 1 aromatic carbocycles. The van der Waals surface area contributed by atoms with E-state index in [0.717, 1.165) is 18.5 Å². The fourth-order valence-corrected chi connectivity index (χ4v) is 4.08. The highest BCUT2D eigenvalue weighted by Crippen LogP contribution is 2.24. The predicted octanol–water partition coefficient (Wildman–Crippen LogP) is 3.39. The fourth-order valence-electron chi connectivity index (χ4n) is 3.19. The highest BCUT2D eigenvalue weighted by molar-refractivity contribution is 7.10. The van der Waals surface area contributed by atoms with Crippen molar-refractivity contribution in [1.29, 1.82) is 0 Å². The lowest BCUT2D eigenvalue weighted by atomic mass is 10.1. The lowest BCUT2D eigenvalue weighted by molar-refractivity contribution is -0.131. The van der Waals surface area contributed by atoms with Gasteiger partial charge in [-0.25, -0.2) is 9.18 Å². The van der Waals surface area contributed by atoms with Gasteiger partial charge in [0.2, 0.25) is 5.91 Å². The number of fused-ring (bicyclic) bond motifs is 1. The summed E-state index contributed by atoms with van der Waals surface area (Å²) < 4.78 is 13.3. The van der Waals surface area contributed by atoms with E-state index < -0.39 is 0 Å². The molecule has 0 radical (unpaired) electrons. The Hall–Kier alpha value is -2.41. The van der Waals surface area contributed by atoms with Crippen LogP contribution < -0.4 is 5.32 Å². The minimum Gasteiger partial charge on any atom is -0.338 e. The monoisotopic (exact) mass is 389 g/mol. The molecule has 0 atom stereocenters. The Kier molecular flexibility index (Phi) is 6.45. The molecule has 2 heterocycles. The van der Waals surface area contributed by atoms with Gasteiger partial charge in [-0.1, -0.05) is 12.1 Å². The average Bonchev–Trinajstić information content (AvgIpc) is 3.13. The van der Waals surface area contributed by atoms with E-state index in [-0.39, 0.29) is 24.2 Å². The first-order chi connectivity index (χ1) is 13.1. The van der Waals surface area contributed by atoms with E-state index in [1.165, 1.54) is 22.6 Å².